The molecule has 21 heavy (non-hydrogen) atoms. The number of non-ortho nitro benzene ring substituents is 1. The van der Waals surface area contributed by atoms with Crippen molar-refractivity contribution in [3.63, 3.8) is 0 Å². The Bertz CT molecular complexity index is 675. The molecule has 0 atom stereocenters. The van der Waals surface area contributed by atoms with Gasteiger partial charge in [0, 0.05) is 17.7 Å². The van der Waals surface area contributed by atoms with E-state index in [1.807, 2.05) is 6.07 Å². The number of Topliss-reactive ketones (excluding diaryl/α,β-unsaturated/α-hetero) is 1. The summed E-state index contributed by atoms with van der Waals surface area (Å²) in [6.07, 6.45) is 1.55. The van der Waals surface area contributed by atoms with E-state index in [0.29, 0.717) is 11.1 Å². The van der Waals surface area contributed by atoms with Gasteiger partial charge in [-0.3, -0.25) is 14.9 Å². The number of allylic oxidation sites excluding steroid dienone is 1. The minimum absolute atomic E-state index is 0.000466. The molecule has 0 aliphatic rings. The molecule has 0 bridgehead atoms. The fourth-order valence-corrected chi connectivity index (χ4v) is 1.79. The highest BCUT2D eigenvalue weighted by Gasteiger charge is 2.12. The summed E-state index contributed by atoms with van der Waals surface area (Å²) in [4.78, 5) is 22.4. The molecule has 2 rings (SSSR count). The third kappa shape index (κ3) is 3.54. The number of nitro groups is 1. The second-order valence-corrected chi connectivity index (χ2v) is 4.26. The van der Waals surface area contributed by atoms with E-state index in [2.05, 4.69) is 0 Å². The molecule has 5 nitrogen and oxygen atoms in total. The normalized spacial score (nSPS) is 11.0. The maximum absolute atomic E-state index is 12.3. The van der Waals surface area contributed by atoms with Crippen LogP contribution in [0, 0.1) is 10.1 Å². The zero-order chi connectivity index (χ0) is 15.2. The zero-order valence-corrected chi connectivity index (χ0v) is 11.4. The van der Waals surface area contributed by atoms with E-state index in [1.54, 1.807) is 42.5 Å². The number of carbonyl (C=O) groups excluding carboxylic acids is 1. The second-order valence-electron chi connectivity index (χ2n) is 4.26. The first-order chi connectivity index (χ1) is 10.1. The number of benzene rings is 2. The van der Waals surface area contributed by atoms with Crippen molar-refractivity contribution in [2.24, 2.45) is 0 Å². The van der Waals surface area contributed by atoms with Gasteiger partial charge in [-0.05, 0) is 23.8 Å². The van der Waals surface area contributed by atoms with Crippen LogP contribution in [0.15, 0.2) is 60.4 Å². The molecule has 0 aliphatic carbocycles. The predicted octanol–water partition coefficient (Wildman–Crippen LogP) is 3.47. The lowest BCUT2D eigenvalue weighted by Crippen LogP contribution is -2.04. The molecule has 0 aliphatic heterocycles. The van der Waals surface area contributed by atoms with Crippen molar-refractivity contribution in [3.05, 3.63) is 81.6 Å². The third-order valence-electron chi connectivity index (χ3n) is 2.88. The van der Waals surface area contributed by atoms with Crippen molar-refractivity contribution in [1.29, 1.82) is 0 Å². The van der Waals surface area contributed by atoms with Gasteiger partial charge < -0.3 is 4.74 Å². The minimum Gasteiger partial charge on any atom is -0.493 e. The number of methoxy groups -OCH3 is 1. The van der Waals surface area contributed by atoms with Gasteiger partial charge in [-0.15, -0.1) is 0 Å². The summed E-state index contributed by atoms with van der Waals surface area (Å²) in [5.41, 5.74) is 1.18. The van der Waals surface area contributed by atoms with Gasteiger partial charge in [0.05, 0.1) is 12.0 Å². The molecule has 0 unspecified atom stereocenters. The van der Waals surface area contributed by atoms with Crippen LogP contribution in [0.3, 0.4) is 0 Å². The zero-order valence-electron chi connectivity index (χ0n) is 11.4. The van der Waals surface area contributed by atoms with E-state index in [1.165, 1.54) is 19.2 Å². The quantitative estimate of drug-likeness (QED) is 0.277. The molecule has 0 spiro atoms. The van der Waals surface area contributed by atoms with Crippen LogP contribution >= 0.6 is 0 Å². The topological polar surface area (TPSA) is 69.4 Å². The van der Waals surface area contributed by atoms with Gasteiger partial charge in [0.25, 0.3) is 5.69 Å². The third-order valence-corrected chi connectivity index (χ3v) is 2.88. The SMILES string of the molecule is CO/C(=C\c1ccc([N+](=O)[O-])cc1)C(=O)c1ccccc1. The monoisotopic (exact) mass is 283 g/mol. The van der Waals surface area contributed by atoms with Gasteiger partial charge in [0.2, 0.25) is 5.78 Å². The molecule has 0 radical (unpaired) electrons. The van der Waals surface area contributed by atoms with E-state index in [9.17, 15) is 14.9 Å². The first kappa shape index (κ1) is 14.5. The largest absolute Gasteiger partial charge is 0.493 e. The van der Waals surface area contributed by atoms with E-state index in [-0.39, 0.29) is 17.2 Å². The number of carbonyl (C=O) groups is 1. The first-order valence-corrected chi connectivity index (χ1v) is 6.21. The Labute approximate surface area is 121 Å². The lowest BCUT2D eigenvalue weighted by Gasteiger charge is -2.05. The first-order valence-electron chi connectivity index (χ1n) is 6.21. The Kier molecular flexibility index (Phi) is 4.46. The number of ketones is 1. The fourth-order valence-electron chi connectivity index (χ4n) is 1.79. The summed E-state index contributed by atoms with van der Waals surface area (Å²) in [7, 11) is 1.41. The van der Waals surface area contributed by atoms with Gasteiger partial charge in [-0.2, -0.15) is 0 Å². The second kappa shape index (κ2) is 6.47. The molecule has 0 amide bonds. The van der Waals surface area contributed by atoms with E-state index in [4.69, 9.17) is 4.74 Å². The van der Waals surface area contributed by atoms with Crippen LogP contribution in [0.25, 0.3) is 6.08 Å². The van der Waals surface area contributed by atoms with E-state index >= 15 is 0 Å². The van der Waals surface area contributed by atoms with Crippen molar-refractivity contribution in [1.82, 2.24) is 0 Å². The summed E-state index contributed by atoms with van der Waals surface area (Å²) >= 11 is 0. The Morgan fingerprint density at radius 1 is 1.10 bits per heavy atom. The van der Waals surface area contributed by atoms with Crippen LogP contribution in [0.5, 0.6) is 0 Å². The molecule has 5 heteroatoms. The minimum atomic E-state index is -0.472. The summed E-state index contributed by atoms with van der Waals surface area (Å²) in [5, 5.41) is 10.6. The standard InChI is InChI=1S/C16H13NO4/c1-21-15(16(18)13-5-3-2-4-6-13)11-12-7-9-14(10-8-12)17(19)20/h2-11H,1H3/b15-11-. The molecule has 0 N–H and O–H groups in total. The number of nitrogens with zero attached hydrogens (tertiary/aromatic N) is 1. The molecule has 2 aromatic carbocycles. The van der Waals surface area contributed by atoms with Crippen molar-refractivity contribution in [2.45, 2.75) is 0 Å². The smallest absolute Gasteiger partial charge is 0.269 e. The highest BCUT2D eigenvalue weighted by Crippen LogP contribution is 2.17. The molecule has 0 saturated carbocycles. The Balaban J connectivity index is 2.28. The summed E-state index contributed by atoms with van der Waals surface area (Å²) in [5.74, 6) is -0.0634. The molecular formula is C16H13NO4. The number of nitro benzene ring substituents is 1. The van der Waals surface area contributed by atoms with Gasteiger partial charge in [0.15, 0.2) is 5.76 Å². The van der Waals surface area contributed by atoms with Crippen molar-refractivity contribution < 1.29 is 14.5 Å². The van der Waals surface area contributed by atoms with Crippen LogP contribution in [-0.4, -0.2) is 17.8 Å². The maximum Gasteiger partial charge on any atom is 0.269 e. The van der Waals surface area contributed by atoms with Crippen molar-refractivity contribution in [3.8, 4) is 0 Å². The number of hydrogen-bond acceptors (Lipinski definition) is 4. The Morgan fingerprint density at radius 2 is 1.71 bits per heavy atom. The number of rotatable bonds is 5. The molecule has 2 aromatic rings. The predicted molar refractivity (Wildman–Crippen MR) is 78.9 cm³/mol. The van der Waals surface area contributed by atoms with Gasteiger partial charge in [-0.25, -0.2) is 0 Å². The van der Waals surface area contributed by atoms with Crippen LogP contribution < -0.4 is 0 Å². The van der Waals surface area contributed by atoms with E-state index in [0.717, 1.165) is 0 Å². The summed E-state index contributed by atoms with van der Waals surface area (Å²) < 4.78 is 5.13. The highest BCUT2D eigenvalue weighted by molar-refractivity contribution is 6.09. The number of hydrogen-bond donors (Lipinski definition) is 0. The van der Waals surface area contributed by atoms with Crippen LogP contribution in [-0.2, 0) is 4.74 Å². The van der Waals surface area contributed by atoms with Crippen LogP contribution in [0.4, 0.5) is 5.69 Å². The van der Waals surface area contributed by atoms with Gasteiger partial charge >= 0.3 is 0 Å². The lowest BCUT2D eigenvalue weighted by molar-refractivity contribution is -0.384. The molecule has 0 fully saturated rings. The molecule has 0 saturated heterocycles. The molecule has 0 heterocycles. The van der Waals surface area contributed by atoms with Crippen molar-refractivity contribution >= 4 is 17.5 Å². The Morgan fingerprint density at radius 3 is 2.24 bits per heavy atom. The van der Waals surface area contributed by atoms with Gasteiger partial charge in [-0.1, -0.05) is 30.3 Å². The van der Waals surface area contributed by atoms with Crippen molar-refractivity contribution in [2.75, 3.05) is 7.11 Å². The molecule has 0 aromatic heterocycles. The molecular weight excluding hydrogens is 270 g/mol. The molecule has 106 valence electrons. The average Bonchev–Trinajstić information content (AvgIpc) is 2.53. The summed E-state index contributed by atoms with van der Waals surface area (Å²) in [6, 6.07) is 14.7. The summed E-state index contributed by atoms with van der Waals surface area (Å²) in [6.45, 7) is 0. The van der Waals surface area contributed by atoms with E-state index < -0.39 is 4.92 Å². The fraction of sp³-hybridized carbons (Fsp3) is 0.0625. The Hall–Kier alpha value is -2.95. The van der Waals surface area contributed by atoms with Crippen LogP contribution in [0.1, 0.15) is 15.9 Å². The number of ether oxygens (including phenoxy) is 1. The average molecular weight is 283 g/mol. The van der Waals surface area contributed by atoms with Gasteiger partial charge in [0.1, 0.15) is 0 Å². The maximum atomic E-state index is 12.3. The lowest BCUT2D eigenvalue weighted by atomic mass is 10.1. The van der Waals surface area contributed by atoms with Crippen LogP contribution in [0.2, 0.25) is 0 Å². The highest BCUT2D eigenvalue weighted by atomic mass is 16.6.